The van der Waals surface area contributed by atoms with Gasteiger partial charge in [0.25, 0.3) is 10.1 Å². The number of nitrogens with zero attached hydrogens (tertiary/aromatic N) is 1. The van der Waals surface area contributed by atoms with Gasteiger partial charge in [-0.05, 0) is 30.7 Å². The highest BCUT2D eigenvalue weighted by Crippen LogP contribution is 2.26. The molecule has 1 aliphatic rings. The van der Waals surface area contributed by atoms with Crippen LogP contribution in [0.4, 0.5) is 5.69 Å². The van der Waals surface area contributed by atoms with E-state index < -0.39 is 10.1 Å². The third kappa shape index (κ3) is 4.11. The lowest BCUT2D eigenvalue weighted by Crippen LogP contribution is -2.21. The van der Waals surface area contributed by atoms with Crippen LogP contribution in [0.1, 0.15) is 6.42 Å². The molecule has 0 aliphatic carbocycles. The maximum Gasteiger partial charge on any atom is 0.264 e. The number of hydrogen-bond acceptors (Lipinski definition) is 5. The number of methoxy groups -OCH3 is 1. The molecule has 19 heavy (non-hydrogen) atoms. The normalized spacial score (nSPS) is 19.7. The summed E-state index contributed by atoms with van der Waals surface area (Å²) in [5.41, 5.74) is 1.13. The molecule has 1 atom stereocenters. The van der Waals surface area contributed by atoms with Gasteiger partial charge in [-0.1, -0.05) is 0 Å². The maximum absolute atomic E-state index is 11.0. The first kappa shape index (κ1) is 14.1. The summed E-state index contributed by atoms with van der Waals surface area (Å²) in [7, 11) is -1.70. The van der Waals surface area contributed by atoms with E-state index in [2.05, 4.69) is 4.90 Å². The van der Waals surface area contributed by atoms with E-state index in [1.54, 1.807) is 7.11 Å². The SMILES string of the molecule is COc1ccc(N2CCC(COS(C)(=O)=O)C2)cc1. The maximum atomic E-state index is 11.0. The van der Waals surface area contributed by atoms with Crippen molar-refractivity contribution in [2.24, 2.45) is 5.92 Å². The van der Waals surface area contributed by atoms with Gasteiger partial charge in [0.2, 0.25) is 0 Å². The Bertz CT molecular complexity index is 512. The molecular weight excluding hydrogens is 266 g/mol. The number of benzene rings is 1. The zero-order chi connectivity index (χ0) is 13.9. The zero-order valence-electron chi connectivity index (χ0n) is 11.2. The zero-order valence-corrected chi connectivity index (χ0v) is 12.0. The molecular formula is C13H19NO4S. The van der Waals surface area contributed by atoms with Gasteiger partial charge in [0.05, 0.1) is 20.0 Å². The standard InChI is InChI=1S/C13H19NO4S/c1-17-13-5-3-12(4-6-13)14-8-7-11(9-14)10-18-19(2,15)16/h3-6,11H,7-10H2,1-2H3. The van der Waals surface area contributed by atoms with Crippen molar-refractivity contribution in [3.8, 4) is 5.75 Å². The van der Waals surface area contributed by atoms with Crippen molar-refractivity contribution in [3.63, 3.8) is 0 Å². The van der Waals surface area contributed by atoms with E-state index in [1.807, 2.05) is 24.3 Å². The van der Waals surface area contributed by atoms with Gasteiger partial charge in [-0.15, -0.1) is 0 Å². The summed E-state index contributed by atoms with van der Waals surface area (Å²) < 4.78 is 31.9. The van der Waals surface area contributed by atoms with Gasteiger partial charge in [0.15, 0.2) is 0 Å². The Labute approximate surface area is 114 Å². The summed E-state index contributed by atoms with van der Waals surface area (Å²) in [6, 6.07) is 7.88. The van der Waals surface area contributed by atoms with Crippen molar-refractivity contribution in [1.82, 2.24) is 0 Å². The molecule has 106 valence electrons. The summed E-state index contributed by atoms with van der Waals surface area (Å²) in [6.45, 7) is 2.01. The van der Waals surface area contributed by atoms with Gasteiger partial charge in [0.1, 0.15) is 5.75 Å². The van der Waals surface area contributed by atoms with Crippen molar-refractivity contribution in [3.05, 3.63) is 24.3 Å². The number of ether oxygens (including phenoxy) is 1. The Balaban J connectivity index is 1.90. The minimum atomic E-state index is -3.34. The predicted molar refractivity (Wildman–Crippen MR) is 74.1 cm³/mol. The van der Waals surface area contributed by atoms with E-state index >= 15 is 0 Å². The second kappa shape index (κ2) is 5.79. The third-order valence-electron chi connectivity index (χ3n) is 3.24. The lowest BCUT2D eigenvalue weighted by Gasteiger charge is -2.18. The Morgan fingerprint density at radius 3 is 2.58 bits per heavy atom. The van der Waals surface area contributed by atoms with Gasteiger partial charge in [-0.2, -0.15) is 8.42 Å². The van der Waals surface area contributed by atoms with Crippen molar-refractivity contribution in [2.75, 3.05) is 38.0 Å². The predicted octanol–water partition coefficient (Wildman–Crippen LogP) is 1.50. The summed E-state index contributed by atoms with van der Waals surface area (Å²) in [5.74, 6) is 1.09. The quantitative estimate of drug-likeness (QED) is 0.767. The van der Waals surface area contributed by atoms with E-state index in [-0.39, 0.29) is 12.5 Å². The smallest absolute Gasteiger partial charge is 0.264 e. The van der Waals surface area contributed by atoms with Gasteiger partial charge >= 0.3 is 0 Å². The molecule has 1 aromatic rings. The molecule has 1 aromatic carbocycles. The topological polar surface area (TPSA) is 55.8 Å². The van der Waals surface area contributed by atoms with Gasteiger partial charge < -0.3 is 9.64 Å². The summed E-state index contributed by atoms with van der Waals surface area (Å²) >= 11 is 0. The van der Waals surface area contributed by atoms with Crippen LogP contribution in [-0.2, 0) is 14.3 Å². The fraction of sp³-hybridized carbons (Fsp3) is 0.538. The van der Waals surface area contributed by atoms with Crippen molar-refractivity contribution in [2.45, 2.75) is 6.42 Å². The fourth-order valence-corrected chi connectivity index (χ4v) is 2.66. The first-order valence-corrected chi connectivity index (χ1v) is 8.03. The molecule has 0 aromatic heterocycles. The molecule has 1 fully saturated rings. The molecule has 0 bridgehead atoms. The fourth-order valence-electron chi connectivity index (χ4n) is 2.22. The van der Waals surface area contributed by atoms with Crippen molar-refractivity contribution < 1.29 is 17.3 Å². The average molecular weight is 285 g/mol. The molecule has 5 nitrogen and oxygen atoms in total. The molecule has 1 unspecified atom stereocenters. The van der Waals surface area contributed by atoms with Gasteiger partial charge in [-0.3, -0.25) is 4.18 Å². The number of rotatable bonds is 5. The first-order valence-electron chi connectivity index (χ1n) is 6.21. The van der Waals surface area contributed by atoms with Crippen molar-refractivity contribution in [1.29, 1.82) is 0 Å². The summed E-state index contributed by atoms with van der Waals surface area (Å²) in [6.07, 6.45) is 2.03. The highest BCUT2D eigenvalue weighted by molar-refractivity contribution is 7.85. The highest BCUT2D eigenvalue weighted by atomic mass is 32.2. The second-order valence-corrected chi connectivity index (χ2v) is 6.43. The summed E-state index contributed by atoms with van der Waals surface area (Å²) in [5, 5.41) is 0. The van der Waals surface area contributed by atoms with Crippen LogP contribution < -0.4 is 9.64 Å². The molecule has 0 N–H and O–H groups in total. The molecule has 0 radical (unpaired) electrons. The average Bonchev–Trinajstić information content (AvgIpc) is 2.84. The lowest BCUT2D eigenvalue weighted by molar-refractivity contribution is 0.268. The van der Waals surface area contributed by atoms with Crippen LogP contribution in [0.15, 0.2) is 24.3 Å². The number of anilines is 1. The van der Waals surface area contributed by atoms with Crippen LogP contribution in [0.25, 0.3) is 0 Å². The molecule has 1 saturated heterocycles. The molecule has 0 amide bonds. The minimum absolute atomic E-state index is 0.261. The Morgan fingerprint density at radius 2 is 2.00 bits per heavy atom. The Morgan fingerprint density at radius 1 is 1.32 bits per heavy atom. The largest absolute Gasteiger partial charge is 0.497 e. The molecule has 0 spiro atoms. The molecule has 1 heterocycles. The molecule has 0 saturated carbocycles. The van der Waals surface area contributed by atoms with E-state index in [9.17, 15) is 8.42 Å². The summed E-state index contributed by atoms with van der Waals surface area (Å²) in [4.78, 5) is 2.23. The van der Waals surface area contributed by atoms with E-state index in [0.717, 1.165) is 37.2 Å². The van der Waals surface area contributed by atoms with Crippen molar-refractivity contribution >= 4 is 15.8 Å². The number of hydrogen-bond donors (Lipinski definition) is 0. The van der Waals surface area contributed by atoms with E-state index in [4.69, 9.17) is 8.92 Å². The third-order valence-corrected chi connectivity index (χ3v) is 3.81. The molecule has 2 rings (SSSR count). The first-order chi connectivity index (χ1) is 8.98. The van der Waals surface area contributed by atoms with Crippen LogP contribution in [0.5, 0.6) is 5.75 Å². The van der Waals surface area contributed by atoms with E-state index in [1.165, 1.54) is 0 Å². The van der Waals surface area contributed by atoms with Crippen LogP contribution in [0.2, 0.25) is 0 Å². The Kier molecular flexibility index (Phi) is 4.31. The van der Waals surface area contributed by atoms with Gasteiger partial charge in [0, 0.05) is 24.7 Å². The van der Waals surface area contributed by atoms with Crippen LogP contribution >= 0.6 is 0 Å². The monoisotopic (exact) mass is 285 g/mol. The minimum Gasteiger partial charge on any atom is -0.497 e. The van der Waals surface area contributed by atoms with Gasteiger partial charge in [-0.25, -0.2) is 0 Å². The van der Waals surface area contributed by atoms with Crippen LogP contribution in [0, 0.1) is 5.92 Å². The molecule has 1 aliphatic heterocycles. The van der Waals surface area contributed by atoms with Crippen LogP contribution in [-0.4, -0.2) is 41.5 Å². The molecule has 6 heteroatoms. The highest BCUT2D eigenvalue weighted by Gasteiger charge is 2.24. The van der Waals surface area contributed by atoms with Crippen LogP contribution in [0.3, 0.4) is 0 Å². The van der Waals surface area contributed by atoms with E-state index in [0.29, 0.717) is 0 Å². The lowest BCUT2D eigenvalue weighted by atomic mass is 10.1. The Hall–Kier alpha value is -1.27. The second-order valence-electron chi connectivity index (χ2n) is 4.79.